The molecule has 3 aromatic carbocycles. The lowest BCUT2D eigenvalue weighted by Gasteiger charge is -2.33. The Labute approximate surface area is 201 Å². The number of carbonyl (C=O) groups is 2. The van der Waals surface area contributed by atoms with E-state index >= 15 is 0 Å². The summed E-state index contributed by atoms with van der Waals surface area (Å²) in [5.74, 6) is 0.324. The summed E-state index contributed by atoms with van der Waals surface area (Å²) in [6.07, 6.45) is 0. The number of aryl methyl sites for hydroxylation is 1. The molecule has 2 aliphatic heterocycles. The molecule has 3 aromatic rings. The van der Waals surface area contributed by atoms with Crippen molar-refractivity contribution in [2.24, 2.45) is 0 Å². The third-order valence-electron chi connectivity index (χ3n) is 5.93. The molecule has 1 fully saturated rings. The number of halogens is 2. The standard InChI is InChI=1S/C25H20Cl2N2O2S/c1-16-5-7-17(8-6-16)15-28-22-10-9-20(27)14-21(22)25(24(28)31)29(11-12-32-25)23(30)18-3-2-4-19(26)13-18/h2-10,13-14H,11-12,15H2,1H3/t25-/m1/s1. The topological polar surface area (TPSA) is 40.6 Å². The normalized spacial score (nSPS) is 19.7. The molecule has 0 aliphatic carbocycles. The number of carbonyl (C=O) groups excluding carboxylic acids is 2. The lowest BCUT2D eigenvalue weighted by molar-refractivity contribution is -0.123. The van der Waals surface area contributed by atoms with E-state index in [9.17, 15) is 9.59 Å². The van der Waals surface area contributed by atoms with Crippen molar-refractivity contribution in [3.63, 3.8) is 0 Å². The number of rotatable bonds is 3. The Balaban J connectivity index is 1.59. The molecule has 2 aliphatic rings. The maximum atomic E-state index is 14.0. The lowest BCUT2D eigenvalue weighted by Crippen LogP contribution is -2.50. The highest BCUT2D eigenvalue weighted by molar-refractivity contribution is 8.01. The largest absolute Gasteiger partial charge is 0.311 e. The molecule has 1 atom stereocenters. The monoisotopic (exact) mass is 482 g/mol. The molecular formula is C25H20Cl2N2O2S. The number of fused-ring (bicyclic) bond motifs is 2. The zero-order chi connectivity index (χ0) is 22.5. The number of hydrogen-bond donors (Lipinski definition) is 0. The Hall–Kier alpha value is -2.47. The van der Waals surface area contributed by atoms with Crippen molar-refractivity contribution < 1.29 is 9.59 Å². The van der Waals surface area contributed by atoms with E-state index in [1.807, 2.05) is 43.3 Å². The van der Waals surface area contributed by atoms with E-state index in [1.165, 1.54) is 11.8 Å². The van der Waals surface area contributed by atoms with Crippen LogP contribution in [0.3, 0.4) is 0 Å². The second-order valence-corrected chi connectivity index (χ2v) is 10.2. The van der Waals surface area contributed by atoms with Crippen LogP contribution in [0.25, 0.3) is 0 Å². The van der Waals surface area contributed by atoms with Crippen molar-refractivity contribution >= 4 is 52.5 Å². The number of thioether (sulfide) groups is 1. The van der Waals surface area contributed by atoms with E-state index in [4.69, 9.17) is 23.2 Å². The second kappa shape index (κ2) is 8.14. The molecule has 0 bridgehead atoms. The van der Waals surface area contributed by atoms with Gasteiger partial charge in [0.25, 0.3) is 11.8 Å². The van der Waals surface area contributed by atoms with Crippen molar-refractivity contribution in [2.75, 3.05) is 17.2 Å². The Morgan fingerprint density at radius 3 is 2.53 bits per heavy atom. The Bertz CT molecular complexity index is 1230. The van der Waals surface area contributed by atoms with Gasteiger partial charge in [-0.25, -0.2) is 0 Å². The quantitative estimate of drug-likeness (QED) is 0.467. The molecule has 2 amide bonds. The van der Waals surface area contributed by atoms with Crippen LogP contribution in [-0.2, 0) is 16.2 Å². The van der Waals surface area contributed by atoms with E-state index in [0.29, 0.717) is 34.5 Å². The van der Waals surface area contributed by atoms with Crippen molar-refractivity contribution in [3.05, 3.63) is 99.0 Å². The SMILES string of the molecule is Cc1ccc(CN2C(=O)[C@]3(SCCN3C(=O)c3cccc(Cl)c3)c3cc(Cl)ccc32)cc1. The van der Waals surface area contributed by atoms with E-state index in [2.05, 4.69) is 0 Å². The molecule has 0 radical (unpaired) electrons. The number of anilines is 1. The van der Waals surface area contributed by atoms with Crippen LogP contribution in [0.4, 0.5) is 5.69 Å². The molecule has 0 aromatic heterocycles. The minimum Gasteiger partial charge on any atom is -0.311 e. The van der Waals surface area contributed by atoms with Gasteiger partial charge in [-0.2, -0.15) is 0 Å². The van der Waals surface area contributed by atoms with Gasteiger partial charge in [0, 0.05) is 33.5 Å². The molecule has 1 saturated heterocycles. The molecule has 4 nitrogen and oxygen atoms in total. The molecule has 0 unspecified atom stereocenters. The number of benzene rings is 3. The fraction of sp³-hybridized carbons (Fsp3) is 0.200. The summed E-state index contributed by atoms with van der Waals surface area (Å²) in [4.78, 5) is 29.9. The van der Waals surface area contributed by atoms with Gasteiger partial charge in [-0.3, -0.25) is 9.59 Å². The first kappa shape index (κ1) is 21.4. The molecular weight excluding hydrogens is 463 g/mol. The van der Waals surface area contributed by atoms with E-state index < -0.39 is 4.87 Å². The summed E-state index contributed by atoms with van der Waals surface area (Å²) in [7, 11) is 0. The summed E-state index contributed by atoms with van der Waals surface area (Å²) in [5, 5.41) is 1.02. The maximum absolute atomic E-state index is 14.0. The zero-order valence-electron chi connectivity index (χ0n) is 17.3. The fourth-order valence-corrected chi connectivity index (χ4v) is 6.21. The van der Waals surface area contributed by atoms with E-state index in [1.54, 1.807) is 40.1 Å². The minimum atomic E-state index is -1.13. The number of nitrogens with zero attached hydrogens (tertiary/aromatic N) is 2. The highest BCUT2D eigenvalue weighted by atomic mass is 35.5. The third-order valence-corrected chi connectivity index (χ3v) is 7.82. The van der Waals surface area contributed by atoms with Gasteiger partial charge in [0.1, 0.15) is 0 Å². The predicted molar refractivity (Wildman–Crippen MR) is 130 cm³/mol. The van der Waals surface area contributed by atoms with Crippen molar-refractivity contribution in [3.8, 4) is 0 Å². The summed E-state index contributed by atoms with van der Waals surface area (Å²) < 4.78 is 0. The highest BCUT2D eigenvalue weighted by Gasteiger charge is 2.59. The van der Waals surface area contributed by atoms with Crippen LogP contribution in [-0.4, -0.2) is 29.0 Å². The molecule has 2 heterocycles. The predicted octanol–water partition coefficient (Wildman–Crippen LogP) is 5.89. The van der Waals surface area contributed by atoms with Crippen LogP contribution in [0, 0.1) is 6.92 Å². The van der Waals surface area contributed by atoms with Crippen LogP contribution in [0.5, 0.6) is 0 Å². The van der Waals surface area contributed by atoms with Gasteiger partial charge in [-0.05, 0) is 48.9 Å². The summed E-state index contributed by atoms with van der Waals surface area (Å²) >= 11 is 14.0. The summed E-state index contributed by atoms with van der Waals surface area (Å²) in [5.41, 5.74) is 4.21. The Kier molecular flexibility index (Phi) is 5.44. The van der Waals surface area contributed by atoms with Crippen molar-refractivity contribution in [1.82, 2.24) is 4.90 Å². The second-order valence-electron chi connectivity index (χ2n) is 8.00. The van der Waals surface area contributed by atoms with Gasteiger partial charge < -0.3 is 9.80 Å². The minimum absolute atomic E-state index is 0.117. The van der Waals surface area contributed by atoms with Gasteiger partial charge in [-0.1, -0.05) is 59.1 Å². The first-order valence-electron chi connectivity index (χ1n) is 10.3. The first-order valence-corrected chi connectivity index (χ1v) is 12.0. The average molecular weight is 483 g/mol. The fourth-order valence-electron chi connectivity index (χ4n) is 4.40. The molecule has 0 saturated carbocycles. The maximum Gasteiger partial charge on any atom is 0.268 e. The molecule has 162 valence electrons. The zero-order valence-corrected chi connectivity index (χ0v) is 19.7. The average Bonchev–Trinajstić information content (AvgIpc) is 3.32. The molecule has 32 heavy (non-hydrogen) atoms. The summed E-state index contributed by atoms with van der Waals surface area (Å²) in [6.45, 7) is 2.92. The van der Waals surface area contributed by atoms with Gasteiger partial charge in [0.15, 0.2) is 4.87 Å². The van der Waals surface area contributed by atoms with Gasteiger partial charge in [0.2, 0.25) is 0 Å². The third kappa shape index (κ3) is 3.40. The molecule has 5 rings (SSSR count). The van der Waals surface area contributed by atoms with Gasteiger partial charge in [-0.15, -0.1) is 11.8 Å². The van der Waals surface area contributed by atoms with Crippen molar-refractivity contribution in [1.29, 1.82) is 0 Å². The Morgan fingerprint density at radius 1 is 1.03 bits per heavy atom. The molecule has 1 spiro atoms. The van der Waals surface area contributed by atoms with Gasteiger partial charge in [0.05, 0.1) is 12.2 Å². The molecule has 0 N–H and O–H groups in total. The van der Waals surface area contributed by atoms with Crippen LogP contribution < -0.4 is 4.90 Å². The van der Waals surface area contributed by atoms with Crippen LogP contribution in [0.1, 0.15) is 27.0 Å². The molecule has 7 heteroatoms. The first-order chi connectivity index (χ1) is 15.4. The van der Waals surface area contributed by atoms with Crippen LogP contribution in [0.2, 0.25) is 10.0 Å². The van der Waals surface area contributed by atoms with E-state index in [0.717, 1.165) is 22.4 Å². The number of hydrogen-bond acceptors (Lipinski definition) is 3. The van der Waals surface area contributed by atoms with E-state index in [-0.39, 0.29) is 11.8 Å². The number of amides is 2. The Morgan fingerprint density at radius 2 is 1.78 bits per heavy atom. The lowest BCUT2D eigenvalue weighted by atomic mass is 10.0. The highest BCUT2D eigenvalue weighted by Crippen LogP contribution is 2.55. The smallest absolute Gasteiger partial charge is 0.268 e. The van der Waals surface area contributed by atoms with Crippen LogP contribution >= 0.6 is 35.0 Å². The van der Waals surface area contributed by atoms with Crippen LogP contribution in [0.15, 0.2) is 66.7 Å². The summed E-state index contributed by atoms with van der Waals surface area (Å²) in [6, 6.07) is 20.5. The van der Waals surface area contributed by atoms with Gasteiger partial charge >= 0.3 is 0 Å². The van der Waals surface area contributed by atoms with Crippen molar-refractivity contribution in [2.45, 2.75) is 18.3 Å².